The normalized spacial score (nSPS) is 18.1. The third-order valence-electron chi connectivity index (χ3n) is 6.33. The summed E-state index contributed by atoms with van der Waals surface area (Å²) in [7, 11) is 1.68. The molecule has 33 heavy (non-hydrogen) atoms. The van der Waals surface area contributed by atoms with Gasteiger partial charge in [-0.3, -0.25) is 19.7 Å². The number of likely N-dealkylation sites (tertiary alicyclic amines) is 1. The van der Waals surface area contributed by atoms with Crippen molar-refractivity contribution in [3.05, 3.63) is 66.1 Å². The molecule has 0 spiro atoms. The molecule has 0 aliphatic carbocycles. The Bertz CT molecular complexity index is 1090. The number of carbonyl (C=O) groups excluding carboxylic acids is 1. The van der Waals surface area contributed by atoms with Crippen LogP contribution in [-0.2, 0) is 11.3 Å². The first kappa shape index (κ1) is 23.2. The van der Waals surface area contributed by atoms with Gasteiger partial charge in [0.25, 0.3) is 0 Å². The molecule has 2 atom stereocenters. The molecule has 1 N–H and O–H groups in total. The number of benzene rings is 1. The van der Waals surface area contributed by atoms with Crippen molar-refractivity contribution in [2.24, 2.45) is 11.3 Å². The van der Waals surface area contributed by atoms with Gasteiger partial charge in [0.2, 0.25) is 5.91 Å². The zero-order valence-corrected chi connectivity index (χ0v) is 20.0. The third kappa shape index (κ3) is 5.69. The van der Waals surface area contributed by atoms with E-state index < -0.39 is 5.41 Å². The molecule has 1 fully saturated rings. The van der Waals surface area contributed by atoms with E-state index in [2.05, 4.69) is 27.3 Å². The van der Waals surface area contributed by atoms with Gasteiger partial charge >= 0.3 is 0 Å². The second-order valence-electron chi connectivity index (χ2n) is 9.95. The summed E-state index contributed by atoms with van der Waals surface area (Å²) in [5.74, 6) is 1.19. The average molecular weight is 447 g/mol. The smallest absolute Gasteiger partial charge is 0.225 e. The van der Waals surface area contributed by atoms with Gasteiger partial charge in [-0.25, -0.2) is 0 Å². The number of pyridine rings is 2. The van der Waals surface area contributed by atoms with Gasteiger partial charge in [0, 0.05) is 30.1 Å². The lowest BCUT2D eigenvalue weighted by Crippen LogP contribution is -2.45. The molecule has 0 saturated carbocycles. The molecule has 6 heteroatoms. The molecule has 0 radical (unpaired) electrons. The van der Waals surface area contributed by atoms with E-state index in [-0.39, 0.29) is 11.9 Å². The van der Waals surface area contributed by atoms with Crippen LogP contribution in [0.3, 0.4) is 0 Å². The minimum absolute atomic E-state index is 0.0573. The maximum absolute atomic E-state index is 12.9. The zero-order valence-electron chi connectivity index (χ0n) is 20.0. The Kier molecular flexibility index (Phi) is 6.94. The van der Waals surface area contributed by atoms with Gasteiger partial charge in [-0.2, -0.15) is 0 Å². The van der Waals surface area contributed by atoms with Crippen LogP contribution < -0.4 is 10.1 Å². The minimum atomic E-state index is -0.445. The SMILES string of the molecule is COc1ccc2nc(CN3CCC[C@H]([C@H](NC(=O)C(C)(C)C)c4ccccn4)C3)ccc2c1. The number of hydrogen-bond acceptors (Lipinski definition) is 5. The summed E-state index contributed by atoms with van der Waals surface area (Å²) in [6.45, 7) is 8.57. The first-order valence-electron chi connectivity index (χ1n) is 11.7. The molecular weight excluding hydrogens is 412 g/mol. The first-order chi connectivity index (χ1) is 15.8. The molecule has 6 nitrogen and oxygen atoms in total. The van der Waals surface area contributed by atoms with Gasteiger partial charge in [0.1, 0.15) is 5.75 Å². The average Bonchev–Trinajstić information content (AvgIpc) is 2.82. The van der Waals surface area contributed by atoms with Gasteiger partial charge in [-0.1, -0.05) is 32.9 Å². The van der Waals surface area contributed by atoms with Crippen LogP contribution in [0.4, 0.5) is 0 Å². The molecular formula is C27H34N4O2. The van der Waals surface area contributed by atoms with E-state index in [0.29, 0.717) is 5.92 Å². The number of carbonyl (C=O) groups is 1. The highest BCUT2D eigenvalue weighted by atomic mass is 16.5. The molecule has 1 aliphatic rings. The highest BCUT2D eigenvalue weighted by Crippen LogP contribution is 2.31. The van der Waals surface area contributed by atoms with Crippen molar-refractivity contribution in [2.45, 2.75) is 46.2 Å². The van der Waals surface area contributed by atoms with Crippen LogP contribution in [0, 0.1) is 11.3 Å². The first-order valence-corrected chi connectivity index (χ1v) is 11.7. The van der Waals surface area contributed by atoms with Crippen molar-refractivity contribution in [2.75, 3.05) is 20.2 Å². The Morgan fingerprint density at radius 2 is 2.06 bits per heavy atom. The molecule has 174 valence electrons. The lowest BCUT2D eigenvalue weighted by molar-refractivity contribution is -0.130. The fourth-order valence-corrected chi connectivity index (χ4v) is 4.45. The quantitative estimate of drug-likeness (QED) is 0.592. The summed E-state index contributed by atoms with van der Waals surface area (Å²) >= 11 is 0. The molecule has 4 rings (SSSR count). The lowest BCUT2D eigenvalue weighted by Gasteiger charge is -2.37. The number of aromatic nitrogens is 2. The summed E-state index contributed by atoms with van der Waals surface area (Å²) < 4.78 is 5.32. The number of methoxy groups -OCH3 is 1. The summed E-state index contributed by atoms with van der Waals surface area (Å²) in [5, 5.41) is 4.39. The zero-order chi connectivity index (χ0) is 23.4. The third-order valence-corrected chi connectivity index (χ3v) is 6.33. The van der Waals surface area contributed by atoms with Crippen LogP contribution in [0.2, 0.25) is 0 Å². The van der Waals surface area contributed by atoms with Crippen LogP contribution in [-0.4, -0.2) is 41.0 Å². The van der Waals surface area contributed by atoms with Crippen molar-refractivity contribution >= 4 is 16.8 Å². The van der Waals surface area contributed by atoms with Crippen LogP contribution in [0.15, 0.2) is 54.7 Å². The summed E-state index contributed by atoms with van der Waals surface area (Å²) in [6.07, 6.45) is 3.96. The highest BCUT2D eigenvalue weighted by molar-refractivity contribution is 5.82. The summed E-state index contributed by atoms with van der Waals surface area (Å²) in [5.41, 5.74) is 2.52. The van der Waals surface area contributed by atoms with Crippen LogP contribution in [0.1, 0.15) is 51.0 Å². The number of nitrogens with zero attached hydrogens (tertiary/aromatic N) is 3. The number of amides is 1. The van der Waals surface area contributed by atoms with E-state index in [4.69, 9.17) is 9.72 Å². The topological polar surface area (TPSA) is 67.3 Å². The predicted molar refractivity (Wildman–Crippen MR) is 131 cm³/mol. The van der Waals surface area contributed by atoms with Gasteiger partial charge < -0.3 is 10.1 Å². The van der Waals surface area contributed by atoms with Crippen LogP contribution >= 0.6 is 0 Å². The number of rotatable bonds is 6. The Hall–Kier alpha value is -2.99. The molecule has 1 saturated heterocycles. The fraction of sp³-hybridized carbons (Fsp3) is 0.444. The standard InChI is InChI=1S/C27H34N4O2/c1-27(2,3)26(32)30-25(24-9-5-6-14-28-24)20-8-7-15-31(17-20)18-21-11-10-19-16-22(33-4)12-13-23(19)29-21/h5-6,9-14,16,20,25H,7-8,15,17-18H2,1-4H3,(H,30,32)/t20-,25-/m0/s1. The fourth-order valence-electron chi connectivity index (χ4n) is 4.45. The minimum Gasteiger partial charge on any atom is -0.497 e. The second kappa shape index (κ2) is 9.87. The van der Waals surface area contributed by atoms with Crippen molar-refractivity contribution in [3.8, 4) is 5.75 Å². The van der Waals surface area contributed by atoms with Gasteiger partial charge in [-0.15, -0.1) is 0 Å². The molecule has 0 unspecified atom stereocenters. The van der Waals surface area contributed by atoms with Crippen molar-refractivity contribution in [3.63, 3.8) is 0 Å². The molecule has 3 aromatic rings. The van der Waals surface area contributed by atoms with E-state index in [1.807, 2.05) is 57.2 Å². The number of nitrogens with one attached hydrogen (secondary N) is 1. The van der Waals surface area contributed by atoms with Crippen LogP contribution in [0.5, 0.6) is 5.75 Å². The maximum atomic E-state index is 12.9. The molecule has 1 aliphatic heterocycles. The van der Waals surface area contributed by atoms with E-state index in [1.165, 1.54) is 0 Å². The van der Waals surface area contributed by atoms with Crippen molar-refractivity contribution < 1.29 is 9.53 Å². The van der Waals surface area contributed by atoms with Gasteiger partial charge in [-0.05, 0) is 61.7 Å². The van der Waals surface area contributed by atoms with Gasteiger partial charge in [0.05, 0.1) is 30.1 Å². The molecule has 2 aromatic heterocycles. The van der Waals surface area contributed by atoms with E-state index in [0.717, 1.165) is 60.5 Å². The number of fused-ring (bicyclic) bond motifs is 1. The van der Waals surface area contributed by atoms with Gasteiger partial charge in [0.15, 0.2) is 0 Å². The highest BCUT2D eigenvalue weighted by Gasteiger charge is 2.33. The number of piperidine rings is 1. The lowest BCUT2D eigenvalue weighted by atomic mass is 9.86. The molecule has 3 heterocycles. The Morgan fingerprint density at radius 1 is 1.21 bits per heavy atom. The maximum Gasteiger partial charge on any atom is 0.225 e. The molecule has 0 bridgehead atoms. The summed E-state index contributed by atoms with van der Waals surface area (Å²) in [6, 6.07) is 16.0. The predicted octanol–water partition coefficient (Wildman–Crippen LogP) is 4.75. The number of hydrogen-bond donors (Lipinski definition) is 1. The largest absolute Gasteiger partial charge is 0.497 e. The Morgan fingerprint density at radius 3 is 2.79 bits per heavy atom. The van der Waals surface area contributed by atoms with E-state index in [9.17, 15) is 4.79 Å². The molecule has 1 aromatic carbocycles. The second-order valence-corrected chi connectivity index (χ2v) is 9.95. The monoisotopic (exact) mass is 446 g/mol. The van der Waals surface area contributed by atoms with Crippen LogP contribution in [0.25, 0.3) is 10.9 Å². The number of ether oxygens (including phenoxy) is 1. The Balaban J connectivity index is 1.50. The van der Waals surface area contributed by atoms with E-state index >= 15 is 0 Å². The Labute approximate surface area is 196 Å². The van der Waals surface area contributed by atoms with E-state index in [1.54, 1.807) is 13.3 Å². The van der Waals surface area contributed by atoms with Crippen molar-refractivity contribution in [1.29, 1.82) is 0 Å². The summed E-state index contributed by atoms with van der Waals surface area (Å²) in [4.78, 5) is 24.8. The molecule has 1 amide bonds. The van der Waals surface area contributed by atoms with Crippen molar-refractivity contribution in [1.82, 2.24) is 20.2 Å².